The number of nitrogens with one attached hydrogen (secondary N) is 1. The monoisotopic (exact) mass is 452 g/mol. The van der Waals surface area contributed by atoms with Gasteiger partial charge in [0.25, 0.3) is 5.91 Å². The molecule has 0 saturated heterocycles. The molecule has 8 heteroatoms. The number of benzene rings is 2. The highest BCUT2D eigenvalue weighted by Gasteiger charge is 2.22. The maximum Gasteiger partial charge on any atom is 0.251 e. The molecular formula is C25H32N4O4. The minimum absolute atomic E-state index is 0.160. The highest BCUT2D eigenvalue weighted by molar-refractivity contribution is 5.94. The van der Waals surface area contributed by atoms with E-state index in [9.17, 15) is 9.90 Å². The average Bonchev–Trinajstić information content (AvgIpc) is 3.32. The van der Waals surface area contributed by atoms with Crippen LogP contribution in [0, 0.1) is 0 Å². The van der Waals surface area contributed by atoms with E-state index in [4.69, 9.17) is 14.9 Å². The van der Waals surface area contributed by atoms with Crippen molar-refractivity contribution in [1.82, 2.24) is 15.5 Å². The molecular weight excluding hydrogens is 420 g/mol. The summed E-state index contributed by atoms with van der Waals surface area (Å²) in [7, 11) is 1.61. The molecule has 0 aliphatic heterocycles. The topological polar surface area (TPSA) is 124 Å². The summed E-state index contributed by atoms with van der Waals surface area (Å²) in [6.07, 6.45) is 0.490. The maximum atomic E-state index is 12.5. The maximum absolute atomic E-state index is 12.5. The van der Waals surface area contributed by atoms with Gasteiger partial charge in [-0.15, -0.1) is 10.2 Å². The Morgan fingerprint density at radius 3 is 2.48 bits per heavy atom. The lowest BCUT2D eigenvalue weighted by molar-refractivity contribution is 0.0911. The SMILES string of the molecule is COc1ccc(CCC(O)CNC(=O)c2ccc(-c3nnc(C(C)(C)C)o3)cc2)c(CN)c1. The standard InChI is InChI=1S/C25H32N4O4/c1-25(2,3)24-29-28-23(33-24)18-7-5-17(6-8-18)22(31)27-15-20(30)11-9-16-10-12-21(32-4)13-19(16)14-26/h5-8,10,12-13,20,30H,9,11,14-15,26H2,1-4H3,(H,27,31). The zero-order valence-corrected chi connectivity index (χ0v) is 19.6. The van der Waals surface area contributed by atoms with Gasteiger partial charge < -0.3 is 25.3 Å². The van der Waals surface area contributed by atoms with Crippen molar-refractivity contribution >= 4 is 5.91 Å². The largest absolute Gasteiger partial charge is 0.497 e. The van der Waals surface area contributed by atoms with Crippen molar-refractivity contribution in [3.63, 3.8) is 0 Å². The number of methoxy groups -OCH3 is 1. The fourth-order valence-corrected chi connectivity index (χ4v) is 3.31. The van der Waals surface area contributed by atoms with E-state index in [-0.39, 0.29) is 17.9 Å². The van der Waals surface area contributed by atoms with Gasteiger partial charge in [0.05, 0.1) is 13.2 Å². The van der Waals surface area contributed by atoms with E-state index in [1.54, 1.807) is 31.4 Å². The Labute approximate surface area is 194 Å². The molecule has 0 spiro atoms. The number of hydrogen-bond donors (Lipinski definition) is 3. The molecule has 0 bridgehead atoms. The van der Waals surface area contributed by atoms with Crippen molar-refractivity contribution in [3.05, 3.63) is 65.0 Å². The predicted octanol–water partition coefficient (Wildman–Crippen LogP) is 3.22. The molecule has 3 rings (SSSR count). The third kappa shape index (κ3) is 6.40. The van der Waals surface area contributed by atoms with Gasteiger partial charge in [0.1, 0.15) is 5.75 Å². The van der Waals surface area contributed by atoms with E-state index in [0.717, 1.165) is 22.4 Å². The quantitative estimate of drug-likeness (QED) is 0.455. The summed E-state index contributed by atoms with van der Waals surface area (Å²) < 4.78 is 11.0. The number of hydrogen-bond acceptors (Lipinski definition) is 7. The summed E-state index contributed by atoms with van der Waals surface area (Å²) >= 11 is 0. The summed E-state index contributed by atoms with van der Waals surface area (Å²) in [5.74, 6) is 1.47. The number of rotatable bonds is 9. The van der Waals surface area contributed by atoms with E-state index < -0.39 is 6.10 Å². The summed E-state index contributed by atoms with van der Waals surface area (Å²) in [4.78, 5) is 12.5. The van der Waals surface area contributed by atoms with Crippen LogP contribution >= 0.6 is 0 Å². The minimum Gasteiger partial charge on any atom is -0.497 e. The molecule has 4 N–H and O–H groups in total. The Kier molecular flexibility index (Phi) is 7.84. The normalized spacial score (nSPS) is 12.4. The van der Waals surface area contributed by atoms with E-state index in [1.165, 1.54) is 0 Å². The number of aromatic nitrogens is 2. The predicted molar refractivity (Wildman–Crippen MR) is 126 cm³/mol. The fourth-order valence-electron chi connectivity index (χ4n) is 3.31. The smallest absolute Gasteiger partial charge is 0.251 e. The number of nitrogens with two attached hydrogens (primary N) is 1. The van der Waals surface area contributed by atoms with Gasteiger partial charge in [-0.05, 0) is 60.4 Å². The first-order chi connectivity index (χ1) is 15.7. The lowest BCUT2D eigenvalue weighted by Gasteiger charge is -2.14. The first-order valence-corrected chi connectivity index (χ1v) is 11.0. The van der Waals surface area contributed by atoms with Crippen LogP contribution in [0.4, 0.5) is 0 Å². The molecule has 33 heavy (non-hydrogen) atoms. The molecule has 1 unspecified atom stereocenters. The van der Waals surface area contributed by atoms with E-state index in [0.29, 0.717) is 36.7 Å². The van der Waals surface area contributed by atoms with Gasteiger partial charge in [-0.2, -0.15) is 0 Å². The van der Waals surface area contributed by atoms with Gasteiger partial charge in [-0.25, -0.2) is 0 Å². The van der Waals surface area contributed by atoms with Crippen molar-refractivity contribution in [2.75, 3.05) is 13.7 Å². The zero-order valence-electron chi connectivity index (χ0n) is 19.6. The second kappa shape index (κ2) is 10.6. The zero-order chi connectivity index (χ0) is 24.0. The molecule has 1 aromatic heterocycles. The second-order valence-corrected chi connectivity index (χ2v) is 8.98. The lowest BCUT2D eigenvalue weighted by atomic mass is 9.97. The number of nitrogens with zero attached hydrogens (tertiary/aromatic N) is 2. The van der Waals surface area contributed by atoms with Crippen LogP contribution in [0.3, 0.4) is 0 Å². The van der Waals surface area contributed by atoms with Gasteiger partial charge in [-0.3, -0.25) is 4.79 Å². The number of aliphatic hydroxyl groups is 1. The molecule has 2 aromatic carbocycles. The van der Waals surface area contributed by atoms with Crippen LogP contribution in [-0.4, -0.2) is 41.0 Å². The van der Waals surface area contributed by atoms with Crippen molar-refractivity contribution in [3.8, 4) is 17.2 Å². The van der Waals surface area contributed by atoms with Crippen LogP contribution in [0.25, 0.3) is 11.5 Å². The van der Waals surface area contributed by atoms with Crippen LogP contribution in [-0.2, 0) is 18.4 Å². The third-order valence-corrected chi connectivity index (χ3v) is 5.34. The number of amides is 1. The molecule has 0 aliphatic carbocycles. The molecule has 0 saturated carbocycles. The molecule has 176 valence electrons. The van der Waals surface area contributed by atoms with Crippen LogP contribution in [0.1, 0.15) is 54.6 Å². The van der Waals surface area contributed by atoms with Gasteiger partial charge in [0, 0.05) is 29.6 Å². The number of carbonyl (C=O) groups is 1. The number of carbonyl (C=O) groups excluding carboxylic acids is 1. The molecule has 0 aliphatic rings. The van der Waals surface area contributed by atoms with E-state index >= 15 is 0 Å². The summed E-state index contributed by atoms with van der Waals surface area (Å²) in [5.41, 5.74) is 8.87. The van der Waals surface area contributed by atoms with Crippen molar-refractivity contribution < 1.29 is 19.1 Å². The molecule has 8 nitrogen and oxygen atoms in total. The molecule has 1 heterocycles. The van der Waals surface area contributed by atoms with Crippen LogP contribution in [0.5, 0.6) is 5.75 Å². The summed E-state index contributed by atoms with van der Waals surface area (Å²) in [5, 5.41) is 21.3. The highest BCUT2D eigenvalue weighted by atomic mass is 16.5. The second-order valence-electron chi connectivity index (χ2n) is 8.98. The molecule has 1 atom stereocenters. The minimum atomic E-state index is -0.671. The number of ether oxygens (including phenoxy) is 1. The molecule has 3 aromatic rings. The molecule has 1 amide bonds. The Hall–Kier alpha value is -3.23. The van der Waals surface area contributed by atoms with Gasteiger partial charge in [-0.1, -0.05) is 26.8 Å². The van der Waals surface area contributed by atoms with E-state index in [1.807, 2.05) is 39.0 Å². The molecule has 0 fully saturated rings. The fraction of sp³-hybridized carbons (Fsp3) is 0.400. The first-order valence-electron chi connectivity index (χ1n) is 11.0. The van der Waals surface area contributed by atoms with Crippen LogP contribution < -0.4 is 15.8 Å². The summed E-state index contributed by atoms with van der Waals surface area (Å²) in [6, 6.07) is 12.7. The van der Waals surface area contributed by atoms with Gasteiger partial charge in [0.15, 0.2) is 0 Å². The van der Waals surface area contributed by atoms with Crippen molar-refractivity contribution in [2.24, 2.45) is 5.73 Å². The van der Waals surface area contributed by atoms with Crippen LogP contribution in [0.15, 0.2) is 46.9 Å². The average molecular weight is 453 g/mol. The number of aryl methyl sites for hydroxylation is 1. The van der Waals surface area contributed by atoms with Gasteiger partial charge in [0.2, 0.25) is 11.8 Å². The lowest BCUT2D eigenvalue weighted by Crippen LogP contribution is -2.32. The Bertz CT molecular complexity index is 1070. The van der Waals surface area contributed by atoms with E-state index in [2.05, 4.69) is 15.5 Å². The van der Waals surface area contributed by atoms with Crippen molar-refractivity contribution in [2.45, 2.75) is 51.7 Å². The van der Waals surface area contributed by atoms with Gasteiger partial charge >= 0.3 is 0 Å². The first kappa shape index (κ1) is 24.4. The Morgan fingerprint density at radius 1 is 1.15 bits per heavy atom. The third-order valence-electron chi connectivity index (χ3n) is 5.34. The summed E-state index contributed by atoms with van der Waals surface area (Å²) in [6.45, 7) is 6.56. The Balaban J connectivity index is 1.52. The Morgan fingerprint density at radius 2 is 1.88 bits per heavy atom. The van der Waals surface area contributed by atoms with Crippen LogP contribution in [0.2, 0.25) is 0 Å². The molecule has 0 radical (unpaired) electrons. The number of aliphatic hydroxyl groups excluding tert-OH is 1. The van der Waals surface area contributed by atoms with Crippen molar-refractivity contribution in [1.29, 1.82) is 0 Å². The highest BCUT2D eigenvalue weighted by Crippen LogP contribution is 2.25.